The molecule has 1 heterocycles. The number of ether oxygens (including phenoxy) is 1. The van der Waals surface area contributed by atoms with Gasteiger partial charge in [-0.25, -0.2) is 0 Å². The molecule has 0 bridgehead atoms. The molecule has 0 unspecified atom stereocenters. The molecule has 0 radical (unpaired) electrons. The summed E-state index contributed by atoms with van der Waals surface area (Å²) in [4.78, 5) is 16.6. The van der Waals surface area contributed by atoms with Crippen LogP contribution in [-0.4, -0.2) is 24.5 Å². The van der Waals surface area contributed by atoms with E-state index in [-0.39, 0.29) is 5.91 Å². The Bertz CT molecular complexity index is 923. The van der Waals surface area contributed by atoms with Gasteiger partial charge < -0.3 is 15.4 Å². The van der Waals surface area contributed by atoms with Gasteiger partial charge in [0.15, 0.2) is 0 Å². The van der Waals surface area contributed by atoms with Gasteiger partial charge in [0.1, 0.15) is 11.4 Å². The Morgan fingerprint density at radius 1 is 1.04 bits per heavy atom. The van der Waals surface area contributed by atoms with Crippen molar-refractivity contribution in [3.8, 4) is 5.75 Å². The molecule has 1 amide bonds. The van der Waals surface area contributed by atoms with E-state index in [9.17, 15) is 4.79 Å². The highest BCUT2D eigenvalue weighted by atomic mass is 16.5. The van der Waals surface area contributed by atoms with E-state index in [0.717, 1.165) is 30.0 Å². The first kappa shape index (κ1) is 19.4. The molecule has 0 aliphatic heterocycles. The van der Waals surface area contributed by atoms with Gasteiger partial charge in [0, 0.05) is 25.0 Å². The smallest absolute Gasteiger partial charge is 0.270 e. The van der Waals surface area contributed by atoms with Gasteiger partial charge in [-0.15, -0.1) is 0 Å². The summed E-state index contributed by atoms with van der Waals surface area (Å²) >= 11 is 0. The maximum absolute atomic E-state index is 12.4. The standard InChI is InChI=1S/C23H25N3O2/c1-17-6-8-19(9-7-17)16-26-23(27)22-15-20(11-13-25-22)24-12-10-18-4-3-5-21(14-18)28-2/h3-9,11,13-15H,10,12,16H2,1-2H3,(H,24,25)(H,26,27). The van der Waals surface area contributed by atoms with Gasteiger partial charge >= 0.3 is 0 Å². The molecule has 1 aromatic heterocycles. The number of hydrogen-bond acceptors (Lipinski definition) is 4. The lowest BCUT2D eigenvalue weighted by Gasteiger charge is -2.09. The molecule has 144 valence electrons. The van der Waals surface area contributed by atoms with Crippen LogP contribution in [0.25, 0.3) is 0 Å². The Morgan fingerprint density at radius 2 is 1.86 bits per heavy atom. The van der Waals surface area contributed by atoms with Crippen LogP contribution in [0.5, 0.6) is 5.75 Å². The van der Waals surface area contributed by atoms with Gasteiger partial charge in [-0.3, -0.25) is 9.78 Å². The number of aryl methyl sites for hydroxylation is 1. The highest BCUT2D eigenvalue weighted by molar-refractivity contribution is 5.93. The number of amides is 1. The van der Waals surface area contributed by atoms with Crippen LogP contribution in [0.4, 0.5) is 5.69 Å². The number of hydrogen-bond donors (Lipinski definition) is 2. The number of carbonyl (C=O) groups is 1. The van der Waals surface area contributed by atoms with Crippen molar-refractivity contribution in [3.05, 3.63) is 89.2 Å². The Morgan fingerprint density at radius 3 is 2.64 bits per heavy atom. The van der Waals surface area contributed by atoms with E-state index in [1.807, 2.05) is 55.5 Å². The normalized spacial score (nSPS) is 10.4. The van der Waals surface area contributed by atoms with E-state index < -0.39 is 0 Å². The topological polar surface area (TPSA) is 63.2 Å². The summed E-state index contributed by atoms with van der Waals surface area (Å²) in [6, 6.07) is 19.7. The second kappa shape index (κ2) is 9.55. The fourth-order valence-corrected chi connectivity index (χ4v) is 2.82. The first-order valence-corrected chi connectivity index (χ1v) is 9.30. The van der Waals surface area contributed by atoms with Crippen molar-refractivity contribution >= 4 is 11.6 Å². The third-order valence-corrected chi connectivity index (χ3v) is 4.44. The summed E-state index contributed by atoms with van der Waals surface area (Å²) in [5, 5.41) is 6.26. The molecule has 3 rings (SSSR count). The third kappa shape index (κ3) is 5.58. The molecule has 0 aliphatic carbocycles. The lowest BCUT2D eigenvalue weighted by Crippen LogP contribution is -2.23. The molecule has 2 aromatic carbocycles. The molecule has 28 heavy (non-hydrogen) atoms. The predicted octanol–water partition coefficient (Wildman–Crippen LogP) is 3.98. The zero-order valence-electron chi connectivity index (χ0n) is 16.2. The van der Waals surface area contributed by atoms with Crippen LogP contribution < -0.4 is 15.4 Å². The van der Waals surface area contributed by atoms with Crippen molar-refractivity contribution in [2.75, 3.05) is 19.0 Å². The van der Waals surface area contributed by atoms with Crippen molar-refractivity contribution in [2.45, 2.75) is 19.9 Å². The number of methoxy groups -OCH3 is 1. The molecule has 0 aliphatic rings. The van der Waals surface area contributed by atoms with Gasteiger partial charge in [0.25, 0.3) is 5.91 Å². The monoisotopic (exact) mass is 375 g/mol. The molecule has 0 spiro atoms. The maximum atomic E-state index is 12.4. The second-order valence-electron chi connectivity index (χ2n) is 6.63. The number of nitrogens with zero attached hydrogens (tertiary/aromatic N) is 1. The van der Waals surface area contributed by atoms with Gasteiger partial charge in [0.2, 0.25) is 0 Å². The molecule has 5 heteroatoms. The van der Waals surface area contributed by atoms with Gasteiger partial charge in [0.05, 0.1) is 7.11 Å². The Hall–Kier alpha value is -3.34. The zero-order valence-corrected chi connectivity index (χ0v) is 16.2. The minimum Gasteiger partial charge on any atom is -0.497 e. The van der Waals surface area contributed by atoms with Crippen LogP contribution in [0.2, 0.25) is 0 Å². The van der Waals surface area contributed by atoms with Gasteiger partial charge in [-0.2, -0.15) is 0 Å². The quantitative estimate of drug-likeness (QED) is 0.625. The van der Waals surface area contributed by atoms with Crippen LogP contribution in [0.15, 0.2) is 66.9 Å². The molecule has 2 N–H and O–H groups in total. The number of nitrogens with one attached hydrogen (secondary N) is 2. The Balaban J connectivity index is 1.52. The van der Waals surface area contributed by atoms with Crippen LogP contribution in [-0.2, 0) is 13.0 Å². The highest BCUT2D eigenvalue weighted by Crippen LogP contribution is 2.14. The molecule has 0 atom stereocenters. The lowest BCUT2D eigenvalue weighted by molar-refractivity contribution is 0.0946. The first-order chi connectivity index (χ1) is 13.6. The number of carbonyl (C=O) groups excluding carboxylic acids is 1. The molecule has 0 saturated carbocycles. The minimum absolute atomic E-state index is 0.183. The van der Waals surface area contributed by atoms with Crippen molar-refractivity contribution in [2.24, 2.45) is 0 Å². The van der Waals surface area contributed by atoms with Crippen molar-refractivity contribution < 1.29 is 9.53 Å². The largest absolute Gasteiger partial charge is 0.497 e. The van der Waals surface area contributed by atoms with Crippen LogP contribution in [0, 0.1) is 6.92 Å². The SMILES string of the molecule is COc1cccc(CCNc2ccnc(C(=O)NCc3ccc(C)cc3)c2)c1. The summed E-state index contributed by atoms with van der Waals surface area (Å²) in [5.74, 6) is 0.672. The average Bonchev–Trinajstić information content (AvgIpc) is 2.73. The van der Waals surface area contributed by atoms with Gasteiger partial charge in [-0.1, -0.05) is 42.0 Å². The Kier molecular flexibility index (Phi) is 6.63. The van der Waals surface area contributed by atoms with E-state index in [1.54, 1.807) is 19.4 Å². The molecular weight excluding hydrogens is 350 g/mol. The zero-order chi connectivity index (χ0) is 19.8. The molecular formula is C23H25N3O2. The minimum atomic E-state index is -0.183. The number of benzene rings is 2. The van der Waals surface area contributed by atoms with Crippen molar-refractivity contribution in [1.82, 2.24) is 10.3 Å². The summed E-state index contributed by atoms with van der Waals surface area (Å²) in [5.41, 5.74) is 4.73. The summed E-state index contributed by atoms with van der Waals surface area (Å²) in [7, 11) is 1.67. The second-order valence-corrected chi connectivity index (χ2v) is 6.63. The first-order valence-electron chi connectivity index (χ1n) is 9.30. The predicted molar refractivity (Wildman–Crippen MR) is 112 cm³/mol. The fraction of sp³-hybridized carbons (Fsp3) is 0.217. The molecule has 0 saturated heterocycles. The maximum Gasteiger partial charge on any atom is 0.270 e. The average molecular weight is 375 g/mol. The van der Waals surface area contributed by atoms with Crippen molar-refractivity contribution in [1.29, 1.82) is 0 Å². The Labute approximate surface area is 165 Å². The van der Waals surface area contributed by atoms with Crippen LogP contribution in [0.3, 0.4) is 0 Å². The number of rotatable bonds is 8. The van der Waals surface area contributed by atoms with E-state index in [4.69, 9.17) is 4.74 Å². The molecule has 0 fully saturated rings. The van der Waals surface area contributed by atoms with E-state index in [1.165, 1.54) is 11.1 Å². The fourth-order valence-electron chi connectivity index (χ4n) is 2.82. The third-order valence-electron chi connectivity index (χ3n) is 4.44. The van der Waals surface area contributed by atoms with Crippen LogP contribution >= 0.6 is 0 Å². The summed E-state index contributed by atoms with van der Waals surface area (Å²) < 4.78 is 5.25. The van der Waals surface area contributed by atoms with E-state index in [2.05, 4.69) is 21.7 Å². The molecule has 5 nitrogen and oxygen atoms in total. The van der Waals surface area contributed by atoms with Crippen LogP contribution in [0.1, 0.15) is 27.2 Å². The number of pyridine rings is 1. The number of anilines is 1. The number of aromatic nitrogens is 1. The summed E-state index contributed by atoms with van der Waals surface area (Å²) in [6.45, 7) is 3.27. The van der Waals surface area contributed by atoms with Crippen molar-refractivity contribution in [3.63, 3.8) is 0 Å². The summed E-state index contributed by atoms with van der Waals surface area (Å²) in [6.07, 6.45) is 2.50. The van der Waals surface area contributed by atoms with Gasteiger partial charge in [-0.05, 0) is 48.7 Å². The molecule has 3 aromatic rings. The van der Waals surface area contributed by atoms with E-state index >= 15 is 0 Å². The lowest BCUT2D eigenvalue weighted by atomic mass is 10.1. The van der Waals surface area contributed by atoms with E-state index in [0.29, 0.717) is 12.2 Å². The highest BCUT2D eigenvalue weighted by Gasteiger charge is 2.08.